The number of carbonyl (C=O) groups is 1. The summed E-state index contributed by atoms with van der Waals surface area (Å²) in [5.74, 6) is -0.0971. The number of carbonyl (C=O) groups excluding carboxylic acids is 1. The van der Waals surface area contributed by atoms with Crippen LogP contribution in [0.4, 0.5) is 0 Å². The van der Waals surface area contributed by atoms with Gasteiger partial charge in [0.2, 0.25) is 5.91 Å². The van der Waals surface area contributed by atoms with Gasteiger partial charge in [0.25, 0.3) is 0 Å². The van der Waals surface area contributed by atoms with Gasteiger partial charge in [0, 0.05) is 35.7 Å². The summed E-state index contributed by atoms with van der Waals surface area (Å²) in [4.78, 5) is 17.0. The van der Waals surface area contributed by atoms with Gasteiger partial charge in [-0.3, -0.25) is 4.79 Å². The molecule has 4 nitrogen and oxygen atoms in total. The van der Waals surface area contributed by atoms with Gasteiger partial charge in [-0.05, 0) is 48.7 Å². The lowest BCUT2D eigenvalue weighted by atomic mass is 9.74. The molecule has 0 unspecified atom stereocenters. The maximum Gasteiger partial charge on any atom is 0.244 e. The zero-order valence-electron chi connectivity index (χ0n) is 15.4. The van der Waals surface area contributed by atoms with Crippen molar-refractivity contribution < 1.29 is 9.53 Å². The second-order valence-electron chi connectivity index (χ2n) is 6.97. The highest BCUT2D eigenvalue weighted by atomic mass is 79.9. The Labute approximate surface area is 176 Å². The summed E-state index contributed by atoms with van der Waals surface area (Å²) in [6.45, 7) is 2.02. The number of halogens is 1. The van der Waals surface area contributed by atoms with E-state index in [1.165, 1.54) is 5.56 Å². The summed E-state index contributed by atoms with van der Waals surface area (Å²) in [5.41, 5.74) is 2.10. The van der Waals surface area contributed by atoms with Gasteiger partial charge < -0.3 is 10.1 Å². The van der Waals surface area contributed by atoms with Gasteiger partial charge in [0.15, 0.2) is 0 Å². The van der Waals surface area contributed by atoms with Gasteiger partial charge in [0.05, 0.1) is 10.2 Å². The first-order chi connectivity index (χ1) is 13.6. The summed E-state index contributed by atoms with van der Waals surface area (Å²) < 4.78 is 7.75. The Morgan fingerprint density at radius 3 is 2.82 bits per heavy atom. The normalized spacial score (nSPS) is 16.5. The van der Waals surface area contributed by atoms with E-state index in [0.717, 1.165) is 32.5 Å². The van der Waals surface area contributed by atoms with Crippen molar-refractivity contribution in [3.63, 3.8) is 0 Å². The number of benzene rings is 2. The summed E-state index contributed by atoms with van der Waals surface area (Å²) in [5, 5.41) is 3.93. The lowest BCUT2D eigenvalue weighted by Crippen LogP contribution is -2.44. The van der Waals surface area contributed by atoms with Crippen molar-refractivity contribution in [3.8, 4) is 0 Å². The number of ether oxygens (including phenoxy) is 1. The number of nitrogens with one attached hydrogen (secondary N) is 1. The molecule has 28 heavy (non-hydrogen) atoms. The number of nitrogens with zero attached hydrogens (tertiary/aromatic N) is 1. The van der Waals surface area contributed by atoms with Gasteiger partial charge in [-0.2, -0.15) is 0 Å². The monoisotopic (exact) mass is 456 g/mol. The topological polar surface area (TPSA) is 51.2 Å². The van der Waals surface area contributed by atoms with Crippen LogP contribution in [0.5, 0.6) is 0 Å². The van der Waals surface area contributed by atoms with Crippen LogP contribution in [-0.4, -0.2) is 30.6 Å². The minimum absolute atomic E-state index is 0.0958. The number of hydrogen-bond acceptors (Lipinski definition) is 4. The number of para-hydroxylation sites is 1. The highest BCUT2D eigenvalue weighted by molar-refractivity contribution is 9.10. The van der Waals surface area contributed by atoms with Crippen LogP contribution in [0.1, 0.15) is 23.4 Å². The molecule has 0 saturated carbocycles. The van der Waals surface area contributed by atoms with E-state index in [4.69, 9.17) is 4.74 Å². The van der Waals surface area contributed by atoms with Crippen LogP contribution in [0.2, 0.25) is 0 Å². The summed E-state index contributed by atoms with van der Waals surface area (Å²) in [7, 11) is 0. The van der Waals surface area contributed by atoms with Crippen LogP contribution < -0.4 is 5.32 Å². The largest absolute Gasteiger partial charge is 0.381 e. The van der Waals surface area contributed by atoms with Crippen molar-refractivity contribution in [2.75, 3.05) is 19.8 Å². The minimum atomic E-state index is -0.0971. The van der Waals surface area contributed by atoms with Crippen molar-refractivity contribution in [2.24, 2.45) is 0 Å². The molecule has 0 spiro atoms. The van der Waals surface area contributed by atoms with Crippen LogP contribution in [0.25, 0.3) is 16.3 Å². The molecule has 0 aliphatic carbocycles. The Balaban J connectivity index is 1.45. The zero-order chi connectivity index (χ0) is 19.4. The number of thiazole rings is 1. The van der Waals surface area contributed by atoms with Crippen molar-refractivity contribution in [1.82, 2.24) is 10.3 Å². The van der Waals surface area contributed by atoms with E-state index in [2.05, 4.69) is 38.4 Å². The average molecular weight is 457 g/mol. The summed E-state index contributed by atoms with van der Waals surface area (Å²) in [6, 6.07) is 16.3. The molecule has 1 amide bonds. The molecule has 1 saturated heterocycles. The third-order valence-corrected chi connectivity index (χ3v) is 6.67. The lowest BCUT2D eigenvalue weighted by Gasteiger charge is -2.38. The van der Waals surface area contributed by atoms with Crippen LogP contribution in [0, 0.1) is 0 Å². The second kappa shape index (κ2) is 8.55. The fraction of sp³-hybridized carbons (Fsp3) is 0.273. The molecule has 1 fully saturated rings. The fourth-order valence-corrected chi connectivity index (χ4v) is 4.84. The number of hydrogen-bond donors (Lipinski definition) is 1. The standard InChI is InChI=1S/C22H21BrN2O2S/c23-17-5-3-4-16(14-17)22(10-12-27-13-11-22)15-24-20(26)8-9-21-25-18-6-1-2-7-19(18)28-21/h1-9,14H,10-13,15H2,(H,24,26)/b9-8+. The van der Waals surface area contributed by atoms with Crippen molar-refractivity contribution in [3.05, 3.63) is 69.7 Å². The first-order valence-electron chi connectivity index (χ1n) is 9.30. The molecule has 1 N–H and O–H groups in total. The second-order valence-corrected chi connectivity index (χ2v) is 8.95. The van der Waals surface area contributed by atoms with E-state index in [-0.39, 0.29) is 11.3 Å². The molecular formula is C22H21BrN2O2S. The highest BCUT2D eigenvalue weighted by Gasteiger charge is 2.34. The molecule has 1 aliphatic rings. The maximum atomic E-state index is 12.5. The van der Waals surface area contributed by atoms with Crippen LogP contribution in [-0.2, 0) is 14.9 Å². The van der Waals surface area contributed by atoms with E-state index in [1.807, 2.05) is 36.4 Å². The third kappa shape index (κ3) is 4.35. The lowest BCUT2D eigenvalue weighted by molar-refractivity contribution is -0.116. The Morgan fingerprint density at radius 2 is 2.04 bits per heavy atom. The fourth-order valence-electron chi connectivity index (χ4n) is 3.57. The average Bonchev–Trinajstić information content (AvgIpc) is 3.14. The van der Waals surface area contributed by atoms with Crippen molar-refractivity contribution in [1.29, 1.82) is 0 Å². The molecule has 0 atom stereocenters. The third-order valence-electron chi connectivity index (χ3n) is 5.18. The molecule has 0 bridgehead atoms. The van der Waals surface area contributed by atoms with Crippen LogP contribution in [0.3, 0.4) is 0 Å². The van der Waals surface area contributed by atoms with E-state index >= 15 is 0 Å². The predicted octanol–water partition coefficient (Wildman–Crippen LogP) is 4.94. The first-order valence-corrected chi connectivity index (χ1v) is 10.9. The Morgan fingerprint density at radius 1 is 1.21 bits per heavy atom. The first kappa shape index (κ1) is 19.3. The molecule has 0 radical (unpaired) electrons. The number of rotatable bonds is 5. The molecule has 4 rings (SSSR count). The zero-order valence-corrected chi connectivity index (χ0v) is 17.8. The Kier molecular flexibility index (Phi) is 5.90. The van der Waals surface area contributed by atoms with Gasteiger partial charge in [0.1, 0.15) is 5.01 Å². The van der Waals surface area contributed by atoms with Gasteiger partial charge in [-0.25, -0.2) is 4.98 Å². The molecule has 6 heteroatoms. The molecular weight excluding hydrogens is 436 g/mol. The minimum Gasteiger partial charge on any atom is -0.381 e. The highest BCUT2D eigenvalue weighted by Crippen LogP contribution is 2.35. The molecule has 2 aromatic carbocycles. The van der Waals surface area contributed by atoms with Crippen molar-refractivity contribution >= 4 is 49.5 Å². The summed E-state index contributed by atoms with van der Waals surface area (Å²) >= 11 is 5.15. The molecule has 3 aromatic rings. The SMILES string of the molecule is O=C(/C=C/c1nc2ccccc2s1)NCC1(c2cccc(Br)c2)CCOCC1. The Hall–Kier alpha value is -2.02. The molecule has 1 aromatic heterocycles. The Bertz CT molecular complexity index is 975. The van der Waals surface area contributed by atoms with Crippen LogP contribution in [0.15, 0.2) is 59.1 Å². The van der Waals surface area contributed by atoms with E-state index < -0.39 is 0 Å². The van der Waals surface area contributed by atoms with E-state index in [9.17, 15) is 4.79 Å². The van der Waals surface area contributed by atoms with Gasteiger partial charge >= 0.3 is 0 Å². The smallest absolute Gasteiger partial charge is 0.244 e. The van der Waals surface area contributed by atoms with E-state index in [0.29, 0.717) is 19.8 Å². The van der Waals surface area contributed by atoms with E-state index in [1.54, 1.807) is 23.5 Å². The van der Waals surface area contributed by atoms with Gasteiger partial charge in [-0.1, -0.05) is 40.2 Å². The van der Waals surface area contributed by atoms with Gasteiger partial charge in [-0.15, -0.1) is 11.3 Å². The molecule has 144 valence electrons. The van der Waals surface area contributed by atoms with Crippen LogP contribution >= 0.6 is 27.3 Å². The number of fused-ring (bicyclic) bond motifs is 1. The predicted molar refractivity (Wildman–Crippen MR) is 118 cm³/mol. The number of aromatic nitrogens is 1. The molecule has 1 aliphatic heterocycles. The van der Waals surface area contributed by atoms with Crippen molar-refractivity contribution in [2.45, 2.75) is 18.3 Å². The maximum absolute atomic E-state index is 12.5. The quantitative estimate of drug-likeness (QED) is 0.553. The number of amides is 1. The molecule has 2 heterocycles. The summed E-state index contributed by atoms with van der Waals surface area (Å²) in [6.07, 6.45) is 5.15.